The van der Waals surface area contributed by atoms with Crippen LogP contribution in [0.25, 0.3) is 5.70 Å². The minimum absolute atomic E-state index is 0.250. The van der Waals surface area contributed by atoms with Gasteiger partial charge in [-0.25, -0.2) is 0 Å². The molecule has 0 saturated heterocycles. The molecule has 17 heavy (non-hydrogen) atoms. The second-order valence-electron chi connectivity index (χ2n) is 3.76. The molecule has 0 amide bonds. The molecule has 3 nitrogen and oxygen atoms in total. The maximum atomic E-state index is 8.75. The van der Waals surface area contributed by atoms with Crippen molar-refractivity contribution in [3.05, 3.63) is 35.7 Å². The number of allylic oxidation sites excluding steroid dienone is 1. The molecule has 0 aromatic carbocycles. The summed E-state index contributed by atoms with van der Waals surface area (Å²) in [5, 5.41) is 8.75. The third-order valence-corrected chi connectivity index (χ3v) is 2.45. The highest BCUT2D eigenvalue weighted by molar-refractivity contribution is 5.70. The van der Waals surface area contributed by atoms with Gasteiger partial charge in [0.25, 0.3) is 0 Å². The van der Waals surface area contributed by atoms with Crippen molar-refractivity contribution in [2.75, 3.05) is 6.61 Å². The monoisotopic (exact) mass is 232 g/mol. The minimum atomic E-state index is 0.250. The van der Waals surface area contributed by atoms with Crippen molar-refractivity contribution in [3.8, 4) is 0 Å². The van der Waals surface area contributed by atoms with Crippen LogP contribution < -0.4 is 0 Å². The number of pyridine rings is 1. The zero-order chi connectivity index (χ0) is 12.5. The fourth-order valence-corrected chi connectivity index (χ4v) is 1.61. The van der Waals surface area contributed by atoms with Gasteiger partial charge in [-0.15, -0.1) is 0 Å². The van der Waals surface area contributed by atoms with Crippen LogP contribution in [0.5, 0.6) is 0 Å². The number of aryl methyl sites for hydroxylation is 1. The van der Waals surface area contributed by atoms with Gasteiger partial charge in [0.05, 0.1) is 11.4 Å². The summed E-state index contributed by atoms with van der Waals surface area (Å²) in [4.78, 5) is 8.85. The summed E-state index contributed by atoms with van der Waals surface area (Å²) in [7, 11) is 0. The molecule has 0 bridgehead atoms. The number of aromatic nitrogens is 1. The smallest absolute Gasteiger partial charge is 0.0885 e. The van der Waals surface area contributed by atoms with E-state index in [4.69, 9.17) is 5.11 Å². The quantitative estimate of drug-likeness (QED) is 0.605. The number of rotatable bonds is 6. The normalized spacial score (nSPS) is 12.3. The standard InChI is InChI=1S/C14H20N2O/c1-3-13(15-4-2)14-10-7-9-12(16-14)8-5-6-11-17/h3-4,7,9-10,17H,5-6,8,11H2,1-2H3/b13-3-,15-4?. The number of aliphatic hydroxyl groups is 1. The molecule has 0 spiro atoms. The van der Waals surface area contributed by atoms with E-state index in [1.165, 1.54) is 0 Å². The molecular weight excluding hydrogens is 212 g/mol. The van der Waals surface area contributed by atoms with E-state index in [0.29, 0.717) is 0 Å². The van der Waals surface area contributed by atoms with Gasteiger partial charge in [0, 0.05) is 18.5 Å². The number of aliphatic hydroxyl groups excluding tert-OH is 1. The van der Waals surface area contributed by atoms with E-state index in [1.54, 1.807) is 6.21 Å². The zero-order valence-corrected chi connectivity index (χ0v) is 10.6. The summed E-state index contributed by atoms with van der Waals surface area (Å²) in [5.74, 6) is 0. The molecule has 1 aromatic heterocycles. The number of hydrogen-bond acceptors (Lipinski definition) is 3. The lowest BCUT2D eigenvalue weighted by molar-refractivity contribution is 0.284. The predicted octanol–water partition coefficient (Wildman–Crippen LogP) is 2.85. The molecule has 0 aliphatic rings. The second kappa shape index (κ2) is 7.74. The first-order valence-corrected chi connectivity index (χ1v) is 6.04. The molecule has 1 aromatic rings. The van der Waals surface area contributed by atoms with Gasteiger partial charge in [-0.1, -0.05) is 12.1 Å². The van der Waals surface area contributed by atoms with Crippen LogP contribution in [0, 0.1) is 0 Å². The van der Waals surface area contributed by atoms with E-state index in [9.17, 15) is 0 Å². The molecule has 1 rings (SSSR count). The number of nitrogens with zero attached hydrogens (tertiary/aromatic N) is 2. The van der Waals surface area contributed by atoms with Crippen LogP contribution >= 0.6 is 0 Å². The van der Waals surface area contributed by atoms with E-state index in [1.807, 2.05) is 38.1 Å². The van der Waals surface area contributed by atoms with Crippen LogP contribution in [0.1, 0.15) is 38.1 Å². The fourth-order valence-electron chi connectivity index (χ4n) is 1.61. The average molecular weight is 232 g/mol. The molecule has 1 heterocycles. The molecule has 0 aliphatic carbocycles. The Balaban J connectivity index is 2.77. The molecule has 3 heteroatoms. The van der Waals surface area contributed by atoms with Crippen LogP contribution in [-0.4, -0.2) is 22.9 Å². The lowest BCUT2D eigenvalue weighted by Gasteiger charge is -2.04. The highest BCUT2D eigenvalue weighted by Crippen LogP contribution is 2.14. The molecule has 92 valence electrons. The maximum Gasteiger partial charge on any atom is 0.0885 e. The summed E-state index contributed by atoms with van der Waals surface area (Å²) in [5.41, 5.74) is 2.87. The third kappa shape index (κ3) is 4.49. The van der Waals surface area contributed by atoms with Crippen molar-refractivity contribution in [2.45, 2.75) is 33.1 Å². The lowest BCUT2D eigenvalue weighted by atomic mass is 10.1. The first-order valence-electron chi connectivity index (χ1n) is 6.04. The van der Waals surface area contributed by atoms with Crippen molar-refractivity contribution >= 4 is 11.9 Å². The Labute approximate surface area is 103 Å². The van der Waals surface area contributed by atoms with Crippen LogP contribution in [0.4, 0.5) is 0 Å². The number of hydrogen-bond donors (Lipinski definition) is 1. The van der Waals surface area contributed by atoms with E-state index in [2.05, 4.69) is 9.98 Å². The van der Waals surface area contributed by atoms with Crippen molar-refractivity contribution in [2.24, 2.45) is 4.99 Å². The highest BCUT2D eigenvalue weighted by Gasteiger charge is 2.01. The second-order valence-corrected chi connectivity index (χ2v) is 3.76. The lowest BCUT2D eigenvalue weighted by Crippen LogP contribution is -1.95. The van der Waals surface area contributed by atoms with E-state index >= 15 is 0 Å². The highest BCUT2D eigenvalue weighted by atomic mass is 16.2. The van der Waals surface area contributed by atoms with Gasteiger partial charge in [0.15, 0.2) is 0 Å². The van der Waals surface area contributed by atoms with Gasteiger partial charge in [0.1, 0.15) is 0 Å². The third-order valence-electron chi connectivity index (χ3n) is 2.45. The topological polar surface area (TPSA) is 45.5 Å². The van der Waals surface area contributed by atoms with Crippen molar-refractivity contribution < 1.29 is 5.11 Å². The van der Waals surface area contributed by atoms with Crippen molar-refractivity contribution in [1.29, 1.82) is 0 Å². The predicted molar refractivity (Wildman–Crippen MR) is 72.1 cm³/mol. The Morgan fingerprint density at radius 3 is 2.82 bits per heavy atom. The zero-order valence-electron chi connectivity index (χ0n) is 10.6. The summed E-state index contributed by atoms with van der Waals surface area (Å²) < 4.78 is 0. The van der Waals surface area contributed by atoms with Gasteiger partial charge >= 0.3 is 0 Å². The van der Waals surface area contributed by atoms with E-state index in [-0.39, 0.29) is 6.61 Å². The molecule has 0 unspecified atom stereocenters. The number of unbranched alkanes of at least 4 members (excludes halogenated alkanes) is 1. The van der Waals surface area contributed by atoms with Crippen molar-refractivity contribution in [3.63, 3.8) is 0 Å². The minimum Gasteiger partial charge on any atom is -0.396 e. The fraction of sp³-hybridized carbons (Fsp3) is 0.429. The van der Waals surface area contributed by atoms with Gasteiger partial charge in [-0.3, -0.25) is 9.98 Å². The Hall–Kier alpha value is -1.48. The Kier molecular flexibility index (Phi) is 6.18. The number of aliphatic imine (C=N–C) groups is 1. The van der Waals surface area contributed by atoms with Crippen molar-refractivity contribution in [1.82, 2.24) is 4.98 Å². The SMILES string of the molecule is CC=N/C(=C\C)c1cccc(CCCCO)n1. The largest absolute Gasteiger partial charge is 0.396 e. The Bertz CT molecular complexity index is 397. The molecule has 0 saturated carbocycles. The van der Waals surface area contributed by atoms with E-state index in [0.717, 1.165) is 36.3 Å². The first-order chi connectivity index (χ1) is 8.31. The molecule has 1 N–H and O–H groups in total. The van der Waals surface area contributed by atoms with Gasteiger partial charge in [-0.2, -0.15) is 0 Å². The molecule has 0 atom stereocenters. The Morgan fingerprint density at radius 1 is 1.35 bits per heavy atom. The first kappa shape index (κ1) is 13.6. The summed E-state index contributed by atoms with van der Waals surface area (Å²) in [6.07, 6.45) is 6.43. The molecular formula is C14H20N2O. The summed E-state index contributed by atoms with van der Waals surface area (Å²) in [6.45, 7) is 4.11. The van der Waals surface area contributed by atoms with E-state index < -0.39 is 0 Å². The van der Waals surface area contributed by atoms with Crippen LogP contribution in [-0.2, 0) is 6.42 Å². The molecule has 0 fully saturated rings. The van der Waals surface area contributed by atoms with Crippen LogP contribution in [0.2, 0.25) is 0 Å². The molecule has 0 radical (unpaired) electrons. The van der Waals surface area contributed by atoms with Gasteiger partial charge in [0.2, 0.25) is 0 Å². The van der Waals surface area contributed by atoms with Gasteiger partial charge in [-0.05, 0) is 45.2 Å². The van der Waals surface area contributed by atoms with Crippen LogP contribution in [0.15, 0.2) is 29.3 Å². The summed E-state index contributed by atoms with van der Waals surface area (Å²) >= 11 is 0. The average Bonchev–Trinajstić information content (AvgIpc) is 2.36. The molecule has 0 aliphatic heterocycles. The Morgan fingerprint density at radius 2 is 2.18 bits per heavy atom. The van der Waals surface area contributed by atoms with Gasteiger partial charge < -0.3 is 5.11 Å². The maximum absolute atomic E-state index is 8.75. The van der Waals surface area contributed by atoms with Crippen LogP contribution in [0.3, 0.4) is 0 Å². The summed E-state index contributed by atoms with van der Waals surface area (Å²) in [6, 6.07) is 5.99.